The summed E-state index contributed by atoms with van der Waals surface area (Å²) in [4.78, 5) is 23.2. The van der Waals surface area contributed by atoms with Gasteiger partial charge in [-0.2, -0.15) is 0 Å². The van der Waals surface area contributed by atoms with E-state index in [1.54, 1.807) is 0 Å². The summed E-state index contributed by atoms with van der Waals surface area (Å²) in [6.45, 7) is 1.13. The van der Waals surface area contributed by atoms with Gasteiger partial charge >= 0.3 is 5.97 Å². The lowest BCUT2D eigenvalue weighted by atomic mass is 9.63. The molecule has 1 saturated heterocycles. The number of carbonyl (C=O) groups excluding carboxylic acids is 1. The Morgan fingerprint density at radius 1 is 1.11 bits per heavy atom. The van der Waals surface area contributed by atoms with Crippen molar-refractivity contribution in [1.29, 1.82) is 0 Å². The molecule has 2 atom stereocenters. The van der Waals surface area contributed by atoms with E-state index in [4.69, 9.17) is 14.2 Å². The van der Waals surface area contributed by atoms with Gasteiger partial charge in [-0.25, -0.2) is 4.79 Å². The molecule has 7 nitrogen and oxygen atoms in total. The van der Waals surface area contributed by atoms with Gasteiger partial charge in [-0.3, -0.25) is 10.1 Å². The smallest absolute Gasteiger partial charge is 0.338 e. The minimum absolute atomic E-state index is 0.0503. The second-order valence-electron chi connectivity index (χ2n) is 7.76. The number of nitrogens with zero attached hydrogens (tertiary/aromatic N) is 1. The molecule has 150 valence electrons. The van der Waals surface area contributed by atoms with Crippen LogP contribution in [0.3, 0.4) is 0 Å². The average molecular weight is 387 g/mol. The van der Waals surface area contributed by atoms with Crippen LogP contribution in [0.2, 0.25) is 0 Å². The van der Waals surface area contributed by atoms with Gasteiger partial charge in [-0.1, -0.05) is 18.6 Å². The SMILES string of the molecule is O=C(O[C@@H]1CCC=CC[C@@]12CCCCC21OCCO1)c1ccc([N+](=O)[O-])cc1. The number of non-ortho nitro benzene ring substituents is 1. The third-order valence-electron chi connectivity index (χ3n) is 6.31. The van der Waals surface area contributed by atoms with Crippen LogP contribution < -0.4 is 0 Å². The van der Waals surface area contributed by atoms with Crippen molar-refractivity contribution >= 4 is 11.7 Å². The van der Waals surface area contributed by atoms with Crippen molar-refractivity contribution in [2.24, 2.45) is 5.41 Å². The van der Waals surface area contributed by atoms with Crippen LogP contribution in [0.15, 0.2) is 36.4 Å². The van der Waals surface area contributed by atoms with Gasteiger partial charge in [0.25, 0.3) is 5.69 Å². The molecule has 1 aromatic rings. The molecule has 28 heavy (non-hydrogen) atoms. The molecule has 3 aliphatic rings. The maximum absolute atomic E-state index is 12.8. The monoisotopic (exact) mass is 387 g/mol. The molecule has 0 N–H and O–H groups in total. The summed E-state index contributed by atoms with van der Waals surface area (Å²) in [6.07, 6.45) is 10.1. The van der Waals surface area contributed by atoms with E-state index < -0.39 is 22.1 Å². The fourth-order valence-corrected chi connectivity index (χ4v) is 4.94. The molecule has 2 aliphatic carbocycles. The van der Waals surface area contributed by atoms with E-state index in [1.807, 2.05) is 0 Å². The highest BCUT2D eigenvalue weighted by Gasteiger charge is 2.61. The van der Waals surface area contributed by atoms with E-state index >= 15 is 0 Å². The number of benzene rings is 1. The van der Waals surface area contributed by atoms with E-state index in [1.165, 1.54) is 24.3 Å². The van der Waals surface area contributed by atoms with Crippen LogP contribution in [0, 0.1) is 15.5 Å². The Morgan fingerprint density at radius 2 is 1.82 bits per heavy atom. The Labute approximate surface area is 163 Å². The van der Waals surface area contributed by atoms with E-state index in [0.29, 0.717) is 25.2 Å². The molecular weight excluding hydrogens is 362 g/mol. The molecule has 7 heteroatoms. The molecule has 1 aromatic carbocycles. The van der Waals surface area contributed by atoms with Crippen molar-refractivity contribution in [2.75, 3.05) is 13.2 Å². The molecule has 0 amide bonds. The predicted octanol–water partition coefficient (Wildman–Crippen LogP) is 4.16. The topological polar surface area (TPSA) is 87.9 Å². The predicted molar refractivity (Wildman–Crippen MR) is 101 cm³/mol. The molecule has 2 spiro atoms. The number of carbonyl (C=O) groups is 1. The summed E-state index contributed by atoms with van der Waals surface area (Å²) >= 11 is 0. The van der Waals surface area contributed by atoms with Crippen molar-refractivity contribution in [1.82, 2.24) is 0 Å². The number of allylic oxidation sites excluding steroid dienone is 2. The summed E-state index contributed by atoms with van der Waals surface area (Å²) in [5, 5.41) is 10.8. The average Bonchev–Trinajstić information content (AvgIpc) is 3.09. The second kappa shape index (κ2) is 7.64. The van der Waals surface area contributed by atoms with Crippen LogP contribution >= 0.6 is 0 Å². The Bertz CT molecular complexity index is 768. The number of hydrogen-bond donors (Lipinski definition) is 0. The van der Waals surface area contributed by atoms with Gasteiger partial charge in [0, 0.05) is 18.6 Å². The van der Waals surface area contributed by atoms with Gasteiger partial charge in [0.1, 0.15) is 6.10 Å². The third kappa shape index (κ3) is 3.22. The Balaban J connectivity index is 1.60. The van der Waals surface area contributed by atoms with Crippen LogP contribution in [-0.2, 0) is 14.2 Å². The first-order valence-corrected chi connectivity index (χ1v) is 9.95. The lowest BCUT2D eigenvalue weighted by Gasteiger charge is -2.52. The molecule has 4 rings (SSSR count). The molecule has 1 aliphatic heterocycles. The first-order valence-electron chi connectivity index (χ1n) is 9.95. The van der Waals surface area contributed by atoms with Crippen LogP contribution in [0.5, 0.6) is 0 Å². The van der Waals surface area contributed by atoms with Gasteiger partial charge < -0.3 is 14.2 Å². The van der Waals surface area contributed by atoms with Crippen LogP contribution in [-0.4, -0.2) is 36.0 Å². The number of nitro benzene ring substituents is 1. The lowest BCUT2D eigenvalue weighted by Crippen LogP contribution is -2.58. The maximum atomic E-state index is 12.8. The Hall–Kier alpha value is -2.25. The van der Waals surface area contributed by atoms with Crippen molar-refractivity contribution in [2.45, 2.75) is 56.8 Å². The molecule has 2 fully saturated rings. The normalized spacial score (nSPS) is 28.9. The fraction of sp³-hybridized carbons (Fsp3) is 0.571. The van der Waals surface area contributed by atoms with Crippen molar-refractivity contribution in [3.63, 3.8) is 0 Å². The summed E-state index contributed by atoms with van der Waals surface area (Å²) in [5.41, 5.74) is -0.132. The summed E-state index contributed by atoms with van der Waals surface area (Å²) in [7, 11) is 0. The van der Waals surface area contributed by atoms with Gasteiger partial charge in [0.2, 0.25) is 0 Å². The first kappa shape index (κ1) is 19.1. The molecule has 0 radical (unpaired) electrons. The fourth-order valence-electron chi connectivity index (χ4n) is 4.94. The summed E-state index contributed by atoms with van der Waals surface area (Å²) < 4.78 is 18.4. The highest BCUT2D eigenvalue weighted by molar-refractivity contribution is 5.89. The molecular formula is C21H25NO6. The summed E-state index contributed by atoms with van der Waals surface area (Å²) in [6, 6.07) is 5.54. The van der Waals surface area contributed by atoms with Crippen molar-refractivity contribution in [3.8, 4) is 0 Å². The van der Waals surface area contributed by atoms with E-state index in [9.17, 15) is 14.9 Å². The number of hydrogen-bond acceptors (Lipinski definition) is 6. The molecule has 0 aromatic heterocycles. The van der Waals surface area contributed by atoms with Gasteiger partial charge in [-0.05, 0) is 44.2 Å². The molecule has 1 saturated carbocycles. The first-order chi connectivity index (χ1) is 13.6. The molecule has 0 unspecified atom stereocenters. The largest absolute Gasteiger partial charge is 0.458 e. The van der Waals surface area contributed by atoms with E-state index in [2.05, 4.69) is 12.2 Å². The minimum Gasteiger partial charge on any atom is -0.458 e. The quantitative estimate of drug-likeness (QED) is 0.335. The van der Waals surface area contributed by atoms with Crippen LogP contribution in [0.4, 0.5) is 5.69 Å². The Morgan fingerprint density at radius 3 is 2.54 bits per heavy atom. The van der Waals surface area contributed by atoms with E-state index in [-0.39, 0.29) is 11.8 Å². The lowest BCUT2D eigenvalue weighted by molar-refractivity contribution is -0.384. The van der Waals surface area contributed by atoms with Gasteiger partial charge in [0.15, 0.2) is 5.79 Å². The third-order valence-corrected chi connectivity index (χ3v) is 6.31. The van der Waals surface area contributed by atoms with Crippen LogP contribution in [0.25, 0.3) is 0 Å². The highest BCUT2D eigenvalue weighted by atomic mass is 16.7. The zero-order chi connectivity index (χ0) is 19.6. The van der Waals surface area contributed by atoms with Gasteiger partial charge in [-0.15, -0.1) is 0 Å². The van der Waals surface area contributed by atoms with Crippen LogP contribution in [0.1, 0.15) is 55.3 Å². The summed E-state index contributed by atoms with van der Waals surface area (Å²) in [5.74, 6) is -1.15. The standard InChI is InChI=1S/C21H25NO6/c23-19(16-7-9-17(10-8-16)22(24)25)28-18-6-2-1-3-11-20(18)12-4-5-13-21(20)26-14-15-27-21/h1,3,7-10,18H,2,4-6,11-15H2/t18-,20-/m1/s1. The molecule has 1 heterocycles. The zero-order valence-corrected chi connectivity index (χ0v) is 15.8. The van der Waals surface area contributed by atoms with Gasteiger partial charge in [0.05, 0.1) is 29.1 Å². The number of fused-ring (bicyclic) bond motifs is 1. The zero-order valence-electron chi connectivity index (χ0n) is 15.8. The minimum atomic E-state index is -0.694. The number of nitro groups is 1. The number of rotatable bonds is 3. The van der Waals surface area contributed by atoms with E-state index in [0.717, 1.165) is 38.5 Å². The highest BCUT2D eigenvalue weighted by Crippen LogP contribution is 2.56. The maximum Gasteiger partial charge on any atom is 0.338 e. The number of ether oxygens (including phenoxy) is 3. The second-order valence-corrected chi connectivity index (χ2v) is 7.76. The number of esters is 1. The molecule has 0 bridgehead atoms. The van der Waals surface area contributed by atoms with Crippen molar-refractivity contribution in [3.05, 3.63) is 52.1 Å². The van der Waals surface area contributed by atoms with Crippen molar-refractivity contribution < 1.29 is 23.9 Å². The Kier molecular flexibility index (Phi) is 5.21.